The Hall–Kier alpha value is -0.970. The number of benzene rings is 1. The highest BCUT2D eigenvalue weighted by Gasteiger charge is 2.07. The van der Waals surface area contributed by atoms with Crippen LogP contribution in [0.5, 0.6) is 0 Å². The van der Waals surface area contributed by atoms with Crippen LogP contribution in [0.15, 0.2) is 51.6 Å². The van der Waals surface area contributed by atoms with Crippen molar-refractivity contribution in [1.29, 1.82) is 0 Å². The first-order valence-electron chi connectivity index (χ1n) is 5.09. The summed E-state index contributed by atoms with van der Waals surface area (Å²) in [6.07, 6.45) is 0. The van der Waals surface area contributed by atoms with Crippen molar-refractivity contribution in [3.8, 4) is 21.1 Å². The highest BCUT2D eigenvalue weighted by atomic mass is 79.9. The van der Waals surface area contributed by atoms with E-state index in [1.54, 1.807) is 22.7 Å². The van der Waals surface area contributed by atoms with Gasteiger partial charge in [-0.3, -0.25) is 0 Å². The first kappa shape index (κ1) is 11.1. The molecule has 0 unspecified atom stereocenters. The predicted molar refractivity (Wildman–Crippen MR) is 78.6 cm³/mol. The molecule has 1 nitrogen and oxygen atoms in total. The van der Waals surface area contributed by atoms with Crippen LogP contribution in [0.2, 0.25) is 0 Å². The average molecular weight is 322 g/mol. The third-order valence-electron chi connectivity index (χ3n) is 2.35. The molecule has 3 aromatic rings. The smallest absolute Gasteiger partial charge is 0.124 e. The number of halogens is 1. The highest BCUT2D eigenvalue weighted by Crippen LogP contribution is 2.34. The second-order valence-electron chi connectivity index (χ2n) is 3.51. The summed E-state index contributed by atoms with van der Waals surface area (Å²) >= 11 is 6.87. The van der Waals surface area contributed by atoms with E-state index in [1.165, 1.54) is 10.4 Å². The molecule has 4 heteroatoms. The normalized spacial score (nSPS) is 10.6. The zero-order valence-corrected chi connectivity index (χ0v) is 12.0. The summed E-state index contributed by atoms with van der Waals surface area (Å²) in [7, 11) is 0. The van der Waals surface area contributed by atoms with E-state index in [2.05, 4.69) is 50.6 Å². The summed E-state index contributed by atoms with van der Waals surface area (Å²) in [5.41, 5.74) is 2.24. The Balaban J connectivity index is 1.99. The fourth-order valence-electron chi connectivity index (χ4n) is 1.55. The van der Waals surface area contributed by atoms with Crippen LogP contribution < -0.4 is 0 Å². The molecule has 1 aromatic carbocycles. The molecule has 3 rings (SSSR count). The molecule has 0 radical (unpaired) electrons. The summed E-state index contributed by atoms with van der Waals surface area (Å²) in [6, 6.07) is 14.4. The molecular weight excluding hydrogens is 314 g/mol. The third-order valence-corrected chi connectivity index (χ3v) is 4.89. The monoisotopic (exact) mass is 321 g/mol. The molecule has 0 bridgehead atoms. The minimum Gasteiger partial charge on any atom is -0.235 e. The van der Waals surface area contributed by atoms with E-state index < -0.39 is 0 Å². The Bertz CT molecular complexity index is 628. The number of rotatable bonds is 2. The van der Waals surface area contributed by atoms with Crippen LogP contribution in [0.4, 0.5) is 0 Å². The van der Waals surface area contributed by atoms with Crippen LogP contribution in [0.1, 0.15) is 0 Å². The maximum absolute atomic E-state index is 4.67. The van der Waals surface area contributed by atoms with Gasteiger partial charge in [-0.1, -0.05) is 30.3 Å². The zero-order valence-electron chi connectivity index (χ0n) is 8.76. The van der Waals surface area contributed by atoms with E-state index in [0.29, 0.717) is 0 Å². The van der Waals surface area contributed by atoms with E-state index >= 15 is 0 Å². The number of hydrogen-bond acceptors (Lipinski definition) is 3. The van der Waals surface area contributed by atoms with Gasteiger partial charge in [-0.15, -0.1) is 22.7 Å². The summed E-state index contributed by atoms with van der Waals surface area (Å²) in [5.74, 6) is 0. The molecule has 0 saturated heterocycles. The minimum absolute atomic E-state index is 1.06. The molecule has 17 heavy (non-hydrogen) atoms. The summed E-state index contributed by atoms with van der Waals surface area (Å²) in [6.45, 7) is 0. The van der Waals surface area contributed by atoms with E-state index in [1.807, 2.05) is 18.2 Å². The lowest BCUT2D eigenvalue weighted by Gasteiger charge is -1.93. The molecule has 0 amide bonds. The van der Waals surface area contributed by atoms with Gasteiger partial charge in [-0.05, 0) is 28.1 Å². The highest BCUT2D eigenvalue weighted by molar-refractivity contribution is 9.11. The number of thiazole rings is 1. The van der Waals surface area contributed by atoms with Crippen LogP contribution in [-0.2, 0) is 0 Å². The lowest BCUT2D eigenvalue weighted by Crippen LogP contribution is -1.75. The van der Waals surface area contributed by atoms with Gasteiger partial charge >= 0.3 is 0 Å². The van der Waals surface area contributed by atoms with Crippen molar-refractivity contribution in [2.75, 3.05) is 0 Å². The number of hydrogen-bond donors (Lipinski definition) is 0. The fraction of sp³-hybridized carbons (Fsp3) is 0. The summed E-state index contributed by atoms with van der Waals surface area (Å²) in [4.78, 5) is 5.88. The van der Waals surface area contributed by atoms with Crippen LogP contribution in [0, 0.1) is 0 Å². The Labute approximate surface area is 116 Å². The Morgan fingerprint density at radius 3 is 2.53 bits per heavy atom. The van der Waals surface area contributed by atoms with Crippen molar-refractivity contribution in [2.24, 2.45) is 0 Å². The molecule has 0 aliphatic heterocycles. The molecule has 0 aliphatic carbocycles. The van der Waals surface area contributed by atoms with E-state index in [9.17, 15) is 0 Å². The van der Waals surface area contributed by atoms with Crippen LogP contribution in [-0.4, -0.2) is 4.98 Å². The third kappa shape index (κ3) is 2.34. The van der Waals surface area contributed by atoms with Crippen molar-refractivity contribution < 1.29 is 0 Å². The van der Waals surface area contributed by atoms with Crippen molar-refractivity contribution in [2.45, 2.75) is 0 Å². The maximum Gasteiger partial charge on any atom is 0.124 e. The van der Waals surface area contributed by atoms with Crippen molar-refractivity contribution >= 4 is 38.6 Å². The molecule has 0 fully saturated rings. The molecule has 2 aromatic heterocycles. The molecule has 0 aliphatic rings. The predicted octanol–water partition coefficient (Wildman–Crippen LogP) is 5.30. The van der Waals surface area contributed by atoms with Gasteiger partial charge in [0.05, 0.1) is 14.4 Å². The van der Waals surface area contributed by atoms with Gasteiger partial charge in [-0.2, -0.15) is 0 Å². The number of thiophene rings is 1. The quantitative estimate of drug-likeness (QED) is 0.624. The van der Waals surface area contributed by atoms with Gasteiger partial charge in [0.1, 0.15) is 5.01 Å². The van der Waals surface area contributed by atoms with Crippen molar-refractivity contribution in [3.63, 3.8) is 0 Å². The largest absolute Gasteiger partial charge is 0.235 e. The first-order valence-corrected chi connectivity index (χ1v) is 7.58. The number of nitrogens with zero attached hydrogens (tertiary/aromatic N) is 1. The summed E-state index contributed by atoms with van der Waals surface area (Å²) in [5, 5.41) is 3.19. The zero-order chi connectivity index (χ0) is 11.7. The van der Waals surface area contributed by atoms with Crippen molar-refractivity contribution in [3.05, 3.63) is 51.6 Å². The van der Waals surface area contributed by atoms with E-state index in [-0.39, 0.29) is 0 Å². The second-order valence-corrected chi connectivity index (χ2v) is 6.83. The number of aromatic nitrogens is 1. The van der Waals surface area contributed by atoms with Gasteiger partial charge in [0.15, 0.2) is 0 Å². The molecule has 0 atom stereocenters. The SMILES string of the molecule is Brc1ccc(-c2csc(-c3ccccc3)n2)s1. The lowest BCUT2D eigenvalue weighted by molar-refractivity contribution is 1.42. The van der Waals surface area contributed by atoms with Crippen LogP contribution in [0.25, 0.3) is 21.1 Å². The van der Waals surface area contributed by atoms with E-state index in [0.717, 1.165) is 14.5 Å². The van der Waals surface area contributed by atoms with Gasteiger partial charge in [0, 0.05) is 10.9 Å². The molecule has 84 valence electrons. The maximum atomic E-state index is 4.67. The molecule has 0 spiro atoms. The molecule has 0 saturated carbocycles. The van der Waals surface area contributed by atoms with Crippen LogP contribution in [0.3, 0.4) is 0 Å². The van der Waals surface area contributed by atoms with E-state index in [4.69, 9.17) is 0 Å². The second kappa shape index (κ2) is 4.72. The average Bonchev–Trinajstić information content (AvgIpc) is 2.98. The first-order chi connectivity index (χ1) is 8.33. The Morgan fingerprint density at radius 2 is 1.82 bits per heavy atom. The molecule has 0 N–H and O–H groups in total. The van der Waals surface area contributed by atoms with Crippen LogP contribution >= 0.6 is 38.6 Å². The van der Waals surface area contributed by atoms with Gasteiger partial charge in [-0.25, -0.2) is 4.98 Å². The fourth-order valence-corrected chi connectivity index (χ4v) is 3.80. The summed E-state index contributed by atoms with van der Waals surface area (Å²) < 4.78 is 1.14. The van der Waals surface area contributed by atoms with Crippen molar-refractivity contribution in [1.82, 2.24) is 4.98 Å². The Kier molecular flexibility index (Phi) is 3.09. The van der Waals surface area contributed by atoms with Gasteiger partial charge < -0.3 is 0 Å². The standard InChI is InChI=1S/C13H8BrNS2/c14-12-7-6-11(17-12)10-8-16-13(15-10)9-4-2-1-3-5-9/h1-8H. The van der Waals surface area contributed by atoms with Gasteiger partial charge in [0.2, 0.25) is 0 Å². The van der Waals surface area contributed by atoms with Gasteiger partial charge in [0.25, 0.3) is 0 Å². The topological polar surface area (TPSA) is 12.9 Å². The Morgan fingerprint density at radius 1 is 1.00 bits per heavy atom. The lowest BCUT2D eigenvalue weighted by atomic mass is 10.2. The molecular formula is C13H8BrNS2. The molecule has 2 heterocycles. The minimum atomic E-state index is 1.06.